The van der Waals surface area contributed by atoms with Crippen LogP contribution in [0.4, 0.5) is 0 Å². The summed E-state index contributed by atoms with van der Waals surface area (Å²) in [4.78, 5) is 4.69. The van der Waals surface area contributed by atoms with Crippen LogP contribution in [0.25, 0.3) is 0 Å². The molecular formula is C17H32IN5O. The second-order valence-electron chi connectivity index (χ2n) is 6.94. The summed E-state index contributed by atoms with van der Waals surface area (Å²) in [6.07, 6.45) is 5.76. The number of aliphatic imine (C=N–C) groups is 1. The maximum absolute atomic E-state index is 5.69. The number of methoxy groups -OCH3 is 1. The molecule has 7 heteroatoms. The largest absolute Gasteiger partial charge is 0.378 e. The lowest BCUT2D eigenvalue weighted by molar-refractivity contribution is -0.176. The van der Waals surface area contributed by atoms with E-state index in [0.717, 1.165) is 38.4 Å². The molecule has 0 spiro atoms. The van der Waals surface area contributed by atoms with Gasteiger partial charge in [-0.25, -0.2) is 0 Å². The normalized spacial score (nSPS) is 25.5. The molecule has 0 saturated heterocycles. The number of nitrogens with zero attached hydrogens (tertiary/aromatic N) is 3. The number of rotatable bonds is 7. The van der Waals surface area contributed by atoms with Crippen molar-refractivity contribution >= 4 is 29.9 Å². The van der Waals surface area contributed by atoms with Crippen LogP contribution < -0.4 is 10.6 Å². The molecule has 0 amide bonds. The van der Waals surface area contributed by atoms with E-state index in [2.05, 4.69) is 48.4 Å². The Kier molecular flexibility index (Phi) is 7.98. The molecule has 6 nitrogen and oxygen atoms in total. The van der Waals surface area contributed by atoms with E-state index in [9.17, 15) is 0 Å². The summed E-state index contributed by atoms with van der Waals surface area (Å²) >= 11 is 0. The average molecular weight is 449 g/mol. The number of guanidine groups is 1. The van der Waals surface area contributed by atoms with E-state index in [1.807, 2.05) is 16.9 Å². The van der Waals surface area contributed by atoms with Gasteiger partial charge in [-0.3, -0.25) is 9.67 Å². The Balaban J connectivity index is 0.00000288. The summed E-state index contributed by atoms with van der Waals surface area (Å²) in [6, 6.07) is 2.32. The van der Waals surface area contributed by atoms with Crippen molar-refractivity contribution in [2.75, 3.05) is 20.2 Å². The van der Waals surface area contributed by atoms with Crippen molar-refractivity contribution in [2.24, 2.45) is 10.4 Å². The van der Waals surface area contributed by atoms with Crippen LogP contribution in [0.2, 0.25) is 0 Å². The molecule has 1 aromatic heterocycles. The quantitative estimate of drug-likeness (QED) is 0.291. The van der Waals surface area contributed by atoms with Crippen molar-refractivity contribution in [1.82, 2.24) is 20.4 Å². The van der Waals surface area contributed by atoms with Crippen LogP contribution >= 0.6 is 24.0 Å². The number of aryl methyl sites for hydroxylation is 1. The molecule has 2 atom stereocenters. The highest BCUT2D eigenvalue weighted by atomic mass is 127. The molecule has 1 fully saturated rings. The van der Waals surface area contributed by atoms with Gasteiger partial charge in [0.1, 0.15) is 0 Å². The highest BCUT2D eigenvalue weighted by Crippen LogP contribution is 2.51. The monoisotopic (exact) mass is 449 g/mol. The van der Waals surface area contributed by atoms with Crippen LogP contribution in [-0.2, 0) is 11.3 Å². The minimum atomic E-state index is -0.0674. The Bertz CT molecular complexity index is 517. The van der Waals surface area contributed by atoms with Gasteiger partial charge in [-0.2, -0.15) is 5.10 Å². The van der Waals surface area contributed by atoms with Crippen molar-refractivity contribution in [3.8, 4) is 0 Å². The Morgan fingerprint density at radius 1 is 1.42 bits per heavy atom. The predicted octanol–water partition coefficient (Wildman–Crippen LogP) is 2.65. The molecule has 2 N–H and O–H groups in total. The predicted molar refractivity (Wildman–Crippen MR) is 109 cm³/mol. The number of hydrogen-bond donors (Lipinski definition) is 2. The van der Waals surface area contributed by atoms with Crippen molar-refractivity contribution in [3.63, 3.8) is 0 Å². The van der Waals surface area contributed by atoms with Gasteiger partial charge in [0.2, 0.25) is 0 Å². The maximum Gasteiger partial charge on any atom is 0.191 e. The highest BCUT2D eigenvalue weighted by Gasteiger charge is 2.58. The summed E-state index contributed by atoms with van der Waals surface area (Å²) in [5, 5.41) is 11.1. The summed E-state index contributed by atoms with van der Waals surface area (Å²) in [7, 11) is 1.80. The molecule has 1 aliphatic rings. The lowest BCUT2D eigenvalue weighted by Gasteiger charge is -2.59. The topological polar surface area (TPSA) is 63.5 Å². The van der Waals surface area contributed by atoms with Crippen molar-refractivity contribution in [3.05, 3.63) is 18.5 Å². The highest BCUT2D eigenvalue weighted by molar-refractivity contribution is 14.0. The minimum Gasteiger partial charge on any atom is -0.378 e. The number of aromatic nitrogens is 2. The van der Waals surface area contributed by atoms with Crippen LogP contribution in [0.3, 0.4) is 0 Å². The number of ether oxygens (including phenoxy) is 1. The van der Waals surface area contributed by atoms with E-state index in [1.165, 1.54) is 0 Å². The zero-order valence-corrected chi connectivity index (χ0v) is 17.8. The van der Waals surface area contributed by atoms with E-state index in [0.29, 0.717) is 6.04 Å². The summed E-state index contributed by atoms with van der Waals surface area (Å²) < 4.78 is 7.63. The minimum absolute atomic E-state index is 0. The third-order valence-corrected chi connectivity index (χ3v) is 5.31. The van der Waals surface area contributed by atoms with Gasteiger partial charge in [-0.15, -0.1) is 24.0 Å². The molecule has 2 unspecified atom stereocenters. The lowest BCUT2D eigenvalue weighted by atomic mass is 9.56. The number of halogens is 1. The molecule has 1 aliphatic carbocycles. The first-order chi connectivity index (χ1) is 10.9. The average Bonchev–Trinajstić information content (AvgIpc) is 3.04. The van der Waals surface area contributed by atoms with Crippen molar-refractivity contribution < 1.29 is 4.74 Å². The van der Waals surface area contributed by atoms with Gasteiger partial charge in [0.05, 0.1) is 5.60 Å². The molecule has 0 aliphatic heterocycles. The summed E-state index contributed by atoms with van der Waals surface area (Å²) in [5.41, 5.74) is 0.00901. The van der Waals surface area contributed by atoms with E-state index in [4.69, 9.17) is 4.74 Å². The van der Waals surface area contributed by atoms with Crippen molar-refractivity contribution in [1.29, 1.82) is 0 Å². The van der Waals surface area contributed by atoms with E-state index in [-0.39, 0.29) is 35.0 Å². The third-order valence-electron chi connectivity index (χ3n) is 5.31. The van der Waals surface area contributed by atoms with Crippen LogP contribution in [-0.4, -0.2) is 47.6 Å². The standard InChI is InChI=1S/C17H31N5O.HI/c1-6-18-15(19-9-7-11-22-12-8-10-20-22)21-14-13-17(4,23-5)16(14,2)3;/h8,10,12,14H,6-7,9,11,13H2,1-5H3,(H2,18,19,21);1H. The Morgan fingerprint density at radius 2 is 2.17 bits per heavy atom. The van der Waals surface area contributed by atoms with Crippen molar-refractivity contribution in [2.45, 2.75) is 58.7 Å². The fourth-order valence-corrected chi connectivity index (χ4v) is 3.06. The molecule has 24 heavy (non-hydrogen) atoms. The van der Waals surface area contributed by atoms with E-state index >= 15 is 0 Å². The summed E-state index contributed by atoms with van der Waals surface area (Å²) in [6.45, 7) is 11.3. The van der Waals surface area contributed by atoms with Gasteiger partial charge >= 0.3 is 0 Å². The fourth-order valence-electron chi connectivity index (χ4n) is 3.06. The van der Waals surface area contributed by atoms with Crippen LogP contribution in [0, 0.1) is 5.41 Å². The molecule has 1 heterocycles. The fraction of sp³-hybridized carbons (Fsp3) is 0.765. The molecular weight excluding hydrogens is 417 g/mol. The number of nitrogens with one attached hydrogen (secondary N) is 2. The Morgan fingerprint density at radius 3 is 2.71 bits per heavy atom. The molecule has 1 aromatic rings. The zero-order chi connectivity index (χ0) is 16.9. The van der Waals surface area contributed by atoms with Gasteiger partial charge in [-0.1, -0.05) is 13.8 Å². The lowest BCUT2D eigenvalue weighted by Crippen LogP contribution is -2.69. The third kappa shape index (κ3) is 4.62. The zero-order valence-electron chi connectivity index (χ0n) is 15.5. The molecule has 2 rings (SSSR count). The molecule has 0 radical (unpaired) electrons. The van der Waals surface area contributed by atoms with Crippen LogP contribution in [0.5, 0.6) is 0 Å². The molecule has 0 bridgehead atoms. The van der Waals surface area contributed by atoms with Gasteiger partial charge in [0.25, 0.3) is 0 Å². The van der Waals surface area contributed by atoms with E-state index < -0.39 is 0 Å². The van der Waals surface area contributed by atoms with Gasteiger partial charge < -0.3 is 15.4 Å². The SMILES string of the molecule is CCNC(=NCCCn1cccn1)NC1CC(C)(OC)C1(C)C.I. The Labute approximate surface area is 162 Å². The molecule has 1 saturated carbocycles. The summed E-state index contributed by atoms with van der Waals surface area (Å²) in [5.74, 6) is 0.893. The first-order valence-electron chi connectivity index (χ1n) is 8.50. The number of hydrogen-bond acceptors (Lipinski definition) is 3. The second kappa shape index (κ2) is 9.03. The van der Waals surface area contributed by atoms with Crippen LogP contribution in [0.15, 0.2) is 23.5 Å². The maximum atomic E-state index is 5.69. The molecule has 138 valence electrons. The molecule has 0 aromatic carbocycles. The first kappa shape index (κ1) is 21.2. The van der Waals surface area contributed by atoms with Gasteiger partial charge in [-0.05, 0) is 32.8 Å². The van der Waals surface area contributed by atoms with E-state index in [1.54, 1.807) is 13.3 Å². The van der Waals surface area contributed by atoms with Crippen LogP contribution in [0.1, 0.15) is 40.5 Å². The first-order valence-corrected chi connectivity index (χ1v) is 8.50. The van der Waals surface area contributed by atoms with Gasteiger partial charge in [0, 0.05) is 50.6 Å². The smallest absolute Gasteiger partial charge is 0.191 e. The Hall–Kier alpha value is -0.830. The van der Waals surface area contributed by atoms with Gasteiger partial charge in [0.15, 0.2) is 5.96 Å². The second-order valence-corrected chi connectivity index (χ2v) is 6.94.